The van der Waals surface area contributed by atoms with E-state index in [1.807, 2.05) is 6.07 Å². The summed E-state index contributed by atoms with van der Waals surface area (Å²) >= 11 is 17.7. The Morgan fingerprint density at radius 3 is 1.60 bits per heavy atom. The molecule has 32 nitrogen and oxygen atoms in total. The number of halogens is 3. The van der Waals surface area contributed by atoms with Crippen LogP contribution >= 0.6 is 34.8 Å². The zero-order valence-corrected chi connectivity index (χ0v) is 58.5. The molecule has 3 aromatic carbocycles. The van der Waals surface area contributed by atoms with Crippen LogP contribution in [0.5, 0.6) is 0 Å². The molecule has 5 aliphatic rings. The van der Waals surface area contributed by atoms with Crippen molar-refractivity contribution in [1.82, 2.24) is 26.6 Å². The van der Waals surface area contributed by atoms with Gasteiger partial charge in [-0.15, -0.1) is 0 Å². The van der Waals surface area contributed by atoms with Gasteiger partial charge in [-0.25, -0.2) is 19.2 Å². The first-order chi connectivity index (χ1) is 48.7. The second-order valence-corrected chi connectivity index (χ2v) is 27.0. The van der Waals surface area contributed by atoms with Gasteiger partial charge in [0.25, 0.3) is 0 Å². The van der Waals surface area contributed by atoms with Gasteiger partial charge in [-0.2, -0.15) is 0 Å². The highest BCUT2D eigenvalue weighted by Crippen LogP contribution is 2.38. The summed E-state index contributed by atoms with van der Waals surface area (Å²) in [6, 6.07) is 20.4. The number of aliphatic hydroxyl groups excluding tert-OH is 1. The van der Waals surface area contributed by atoms with Crippen LogP contribution in [0.1, 0.15) is 71.1 Å². The fourth-order valence-electron chi connectivity index (χ4n) is 11.6. The molecule has 0 aromatic heterocycles. The molecule has 0 aliphatic carbocycles. The van der Waals surface area contributed by atoms with E-state index in [1.165, 1.54) is 19.9 Å². The molecule has 0 saturated carbocycles. The van der Waals surface area contributed by atoms with Crippen LogP contribution in [-0.4, -0.2) is 218 Å². The summed E-state index contributed by atoms with van der Waals surface area (Å²) in [5, 5.41) is 23.3. The maximum Gasteiger partial charge on any atom is 0.509 e. The van der Waals surface area contributed by atoms with Crippen molar-refractivity contribution in [2.24, 2.45) is 5.92 Å². The summed E-state index contributed by atoms with van der Waals surface area (Å²) in [6.45, 7) is 8.61. The van der Waals surface area contributed by atoms with E-state index in [0.717, 1.165) is 19.4 Å². The highest BCUT2D eigenvalue weighted by atomic mass is 35.6. The first-order valence-corrected chi connectivity index (χ1v) is 33.6. The molecule has 0 spiro atoms. The van der Waals surface area contributed by atoms with Crippen molar-refractivity contribution in [2.75, 3.05) is 33.0 Å². The van der Waals surface area contributed by atoms with E-state index < -0.39 is 213 Å². The Morgan fingerprint density at radius 1 is 0.588 bits per heavy atom. The molecular weight excluding hydrogens is 1410 g/mol. The third kappa shape index (κ3) is 23.3. The smallest absolute Gasteiger partial charge is 0.460 e. The molecule has 35 heteroatoms. The van der Waals surface area contributed by atoms with Gasteiger partial charge in [0.1, 0.15) is 61.9 Å². The lowest BCUT2D eigenvalue weighted by atomic mass is 9.94. The first kappa shape index (κ1) is 79.7. The number of fused-ring (bicyclic) bond motifs is 2. The standard InChI is InChI=1S/C67H82Cl3N5O27/c1-8-24-87-61(83)48(35(4)88-28-39-18-12-9-13-19-39)75-59(82)42(25-34(2)3)72-58(81)43(73-64(84)93-33-67(68,69)70)26-47(80)74-60-49(71-36(5)77)53(90-30-41-22-16-11-17-23-41)50(89-29-40-20-14-10-15-21-40)45(96-60)31-91-63-57(95-38(7)79)55-52(100-66(86)102-55)46(98-63)32-92-62-56(94-37(6)78)54-51(44(27-76)97-62)99-65(85)101-54/h8-23,34-35,42-46,48-57,60,62-63,76H,1,24-33H2,2-7H3,(H,71,77)(H,72,81)(H,73,84)(H,74,80)(H,75,82)/t35-,42+,43+,44-,45-,46-,48+,49-,50-,51+,52+,53-,54+,55+,56-,57-,60-,62-,63-/m1/s1. The van der Waals surface area contributed by atoms with Crippen LogP contribution in [0, 0.1) is 5.92 Å². The van der Waals surface area contributed by atoms with E-state index in [4.69, 9.17) is 111 Å². The third-order valence-corrected chi connectivity index (χ3v) is 16.4. The van der Waals surface area contributed by atoms with Crippen molar-refractivity contribution in [3.63, 3.8) is 0 Å². The number of nitrogens with one attached hydrogen (secondary N) is 5. The van der Waals surface area contributed by atoms with Gasteiger partial charge in [0.05, 0.1) is 52.2 Å². The van der Waals surface area contributed by atoms with Crippen molar-refractivity contribution in [2.45, 2.75) is 194 Å². The highest BCUT2D eigenvalue weighted by Gasteiger charge is 2.60. The van der Waals surface area contributed by atoms with E-state index in [1.54, 1.807) is 98.8 Å². The normalized spacial score (nSPS) is 27.0. The van der Waals surface area contributed by atoms with Crippen LogP contribution < -0.4 is 26.6 Å². The average Bonchev–Trinajstić information content (AvgIpc) is 1.49. The number of hydrogen-bond acceptors (Lipinski definition) is 27. The number of aliphatic hydroxyl groups is 1. The largest absolute Gasteiger partial charge is 0.509 e. The van der Waals surface area contributed by atoms with Crippen LogP contribution in [-0.2, 0) is 129 Å². The van der Waals surface area contributed by atoms with Gasteiger partial charge in [0.15, 0.2) is 61.5 Å². The van der Waals surface area contributed by atoms with Crippen molar-refractivity contribution >= 4 is 94.7 Å². The molecule has 8 rings (SSSR count). The van der Waals surface area contributed by atoms with Gasteiger partial charge in [-0.05, 0) is 36.0 Å². The quantitative estimate of drug-likeness (QED) is 0.0214. The molecule has 0 bridgehead atoms. The molecule has 3 aromatic rings. The van der Waals surface area contributed by atoms with Gasteiger partial charge in [-0.3, -0.25) is 28.8 Å². The van der Waals surface area contributed by atoms with E-state index in [0.29, 0.717) is 11.1 Å². The summed E-state index contributed by atoms with van der Waals surface area (Å²) < 4.78 is 92.3. The lowest BCUT2D eigenvalue weighted by Crippen LogP contribution is -2.69. The van der Waals surface area contributed by atoms with Crippen LogP contribution in [0.2, 0.25) is 0 Å². The molecule has 0 unspecified atom stereocenters. The van der Waals surface area contributed by atoms with E-state index in [-0.39, 0.29) is 38.8 Å². The number of alkyl carbamates (subject to hydrolysis) is 1. The predicted octanol–water partition coefficient (Wildman–Crippen LogP) is 3.86. The summed E-state index contributed by atoms with van der Waals surface area (Å²) in [4.78, 5) is 136. The fourth-order valence-corrected chi connectivity index (χ4v) is 11.7. The molecule has 5 amide bonds. The molecule has 0 radical (unpaired) electrons. The van der Waals surface area contributed by atoms with Crippen molar-refractivity contribution < 1.29 is 129 Å². The molecule has 5 heterocycles. The highest BCUT2D eigenvalue weighted by molar-refractivity contribution is 6.67. The van der Waals surface area contributed by atoms with Crippen LogP contribution in [0.3, 0.4) is 0 Å². The Labute approximate surface area is 601 Å². The van der Waals surface area contributed by atoms with Crippen LogP contribution in [0.4, 0.5) is 14.4 Å². The fraction of sp³-hybridized carbons (Fsp3) is 0.552. The minimum Gasteiger partial charge on any atom is -0.460 e. The Bertz CT molecular complexity index is 3340. The molecular formula is C67H82Cl3N5O27. The van der Waals surface area contributed by atoms with Gasteiger partial charge in [-0.1, -0.05) is 152 Å². The molecule has 558 valence electrons. The predicted molar refractivity (Wildman–Crippen MR) is 350 cm³/mol. The topological polar surface area (TPSA) is 399 Å². The monoisotopic (exact) mass is 1490 g/mol. The number of carbonyl (C=O) groups is 10. The molecule has 5 fully saturated rings. The summed E-state index contributed by atoms with van der Waals surface area (Å²) in [6.07, 6.45) is -24.8. The van der Waals surface area contributed by atoms with Crippen molar-refractivity contribution in [1.29, 1.82) is 0 Å². The SMILES string of the molecule is C=CCOC(=O)[C@@H](NC(=O)[C@H](CC(C)C)NC(=O)[C@H](CC(=O)N[C@@H]1O[C@H](CO[C@@H]2O[C@H](CO[C@@H]3O[C@H](CO)[C@@H]4OC(=O)O[C@@H]4[C@H]3OC(C)=O)[C@@H]3OC(=O)O[C@@H]3[C@H]2OC(C)=O)[C@@H](OCc2ccccc2)[C@H](OCc2ccccc2)[C@H]1NC(C)=O)NC(=O)OCC(Cl)(Cl)Cl)[C@@H](C)OCc1ccccc1. The summed E-state index contributed by atoms with van der Waals surface area (Å²) in [7, 11) is 0. The molecule has 19 atom stereocenters. The Hall–Kier alpha value is -7.99. The zero-order chi connectivity index (χ0) is 73.8. The van der Waals surface area contributed by atoms with Gasteiger partial charge in [0.2, 0.25) is 27.4 Å². The molecule has 102 heavy (non-hydrogen) atoms. The van der Waals surface area contributed by atoms with Crippen molar-refractivity contribution in [3.05, 3.63) is 120 Å². The number of hydrogen-bond donors (Lipinski definition) is 6. The number of benzene rings is 3. The van der Waals surface area contributed by atoms with Crippen LogP contribution in [0.25, 0.3) is 0 Å². The lowest BCUT2D eigenvalue weighted by molar-refractivity contribution is -0.322. The van der Waals surface area contributed by atoms with Gasteiger partial charge >= 0.3 is 36.3 Å². The number of rotatable bonds is 34. The molecule has 6 N–H and O–H groups in total. The van der Waals surface area contributed by atoms with Crippen molar-refractivity contribution in [3.8, 4) is 0 Å². The molecule has 5 saturated heterocycles. The maximum atomic E-state index is 15.0. The Morgan fingerprint density at radius 2 is 1.09 bits per heavy atom. The third-order valence-electron chi connectivity index (χ3n) is 16.1. The summed E-state index contributed by atoms with van der Waals surface area (Å²) in [5.74, 6) is -6.73. The van der Waals surface area contributed by atoms with Gasteiger partial charge in [0, 0.05) is 20.8 Å². The minimum atomic E-state index is -2.15. The Kier molecular flexibility index (Phi) is 29.7. The zero-order valence-electron chi connectivity index (χ0n) is 56.3. The maximum absolute atomic E-state index is 15.0. The number of carbonyl (C=O) groups excluding carboxylic acids is 10. The Balaban J connectivity index is 1.10. The second-order valence-electron chi connectivity index (χ2n) is 24.5. The molecule has 5 aliphatic heterocycles. The number of alkyl halides is 3. The van der Waals surface area contributed by atoms with Crippen LogP contribution in [0.15, 0.2) is 104 Å². The number of amides is 5. The van der Waals surface area contributed by atoms with E-state index in [2.05, 4.69) is 33.2 Å². The van der Waals surface area contributed by atoms with E-state index >= 15 is 0 Å². The number of esters is 3. The number of ether oxygens (including phenoxy) is 16. The van der Waals surface area contributed by atoms with E-state index in [9.17, 15) is 53.1 Å². The van der Waals surface area contributed by atoms with Gasteiger partial charge < -0.3 is 107 Å². The first-order valence-electron chi connectivity index (χ1n) is 32.5. The lowest BCUT2D eigenvalue weighted by Gasteiger charge is -2.47. The summed E-state index contributed by atoms with van der Waals surface area (Å²) in [5.41, 5.74) is 2.04. The minimum absolute atomic E-state index is 0.0347. The average molecular weight is 1500 g/mol. The second kappa shape index (κ2) is 38.0.